The smallest absolute Gasteiger partial charge is 0.332 e. The third-order valence-electron chi connectivity index (χ3n) is 1.82. The molecule has 7 heteroatoms. The molecule has 0 fully saturated rings. The summed E-state index contributed by atoms with van der Waals surface area (Å²) in [6.45, 7) is -0.147. The van der Waals surface area contributed by atoms with Gasteiger partial charge in [0.15, 0.2) is 5.58 Å². The molecule has 1 heterocycles. The van der Waals surface area contributed by atoms with Crippen molar-refractivity contribution in [1.82, 2.24) is 4.98 Å². The number of hydrogen-bond acceptors (Lipinski definition) is 5. The highest BCUT2D eigenvalue weighted by atomic mass is 35.7. The number of aliphatic hydroxyl groups is 1. The van der Waals surface area contributed by atoms with Crippen LogP contribution < -0.4 is 0 Å². The molecule has 0 spiro atoms. The topological polar surface area (TPSA) is 80.4 Å². The van der Waals surface area contributed by atoms with Crippen LogP contribution in [0, 0.1) is 0 Å². The van der Waals surface area contributed by atoms with Crippen LogP contribution in [0.25, 0.3) is 11.1 Å². The van der Waals surface area contributed by atoms with Crippen LogP contribution in [0.5, 0.6) is 0 Å². The third kappa shape index (κ3) is 1.97. The summed E-state index contributed by atoms with van der Waals surface area (Å²) >= 11 is 0. The first-order chi connectivity index (χ1) is 7.00. The fraction of sp³-hybridized carbons (Fsp3) is 0.125. The summed E-state index contributed by atoms with van der Waals surface area (Å²) in [6, 6.07) is 4.67. The van der Waals surface area contributed by atoms with E-state index in [9.17, 15) is 8.42 Å². The fourth-order valence-electron chi connectivity index (χ4n) is 1.15. The van der Waals surface area contributed by atoms with Crippen LogP contribution in [0.1, 0.15) is 5.56 Å². The first kappa shape index (κ1) is 10.4. The lowest BCUT2D eigenvalue weighted by Gasteiger charge is -1.92. The molecule has 1 aromatic carbocycles. The van der Waals surface area contributed by atoms with Gasteiger partial charge >= 0.3 is 14.3 Å². The van der Waals surface area contributed by atoms with Crippen LogP contribution in [0.4, 0.5) is 0 Å². The van der Waals surface area contributed by atoms with Crippen LogP contribution in [0.15, 0.2) is 27.8 Å². The van der Waals surface area contributed by atoms with E-state index in [0.29, 0.717) is 16.7 Å². The van der Waals surface area contributed by atoms with Gasteiger partial charge in [0.2, 0.25) is 0 Å². The number of rotatable bonds is 2. The van der Waals surface area contributed by atoms with Crippen molar-refractivity contribution in [2.45, 2.75) is 11.8 Å². The summed E-state index contributed by atoms with van der Waals surface area (Å²) in [6.07, 6.45) is 0. The maximum Gasteiger partial charge on any atom is 0.332 e. The molecule has 1 aromatic heterocycles. The average molecular weight is 248 g/mol. The molecular weight excluding hydrogens is 242 g/mol. The zero-order valence-electron chi connectivity index (χ0n) is 7.34. The lowest BCUT2D eigenvalue weighted by molar-refractivity contribution is 0.282. The molecule has 2 rings (SSSR count). The van der Waals surface area contributed by atoms with Crippen LogP contribution in [-0.4, -0.2) is 18.5 Å². The molecular formula is C8H6ClNO4S. The second-order valence-electron chi connectivity index (χ2n) is 2.88. The second kappa shape index (κ2) is 3.48. The Balaban J connectivity index is 2.66. The van der Waals surface area contributed by atoms with Gasteiger partial charge in [-0.3, -0.25) is 0 Å². The number of aliphatic hydroxyl groups excluding tert-OH is 1. The number of hydrogen-bond donors (Lipinski definition) is 1. The molecule has 0 unspecified atom stereocenters. The van der Waals surface area contributed by atoms with Crippen molar-refractivity contribution in [3.8, 4) is 0 Å². The van der Waals surface area contributed by atoms with E-state index in [2.05, 4.69) is 4.98 Å². The minimum atomic E-state index is -3.95. The Bertz CT molecular complexity index is 604. The molecule has 0 aliphatic carbocycles. The monoisotopic (exact) mass is 247 g/mol. The first-order valence-corrected chi connectivity index (χ1v) is 6.26. The maximum atomic E-state index is 10.9. The normalized spacial score (nSPS) is 12.1. The number of fused-ring (bicyclic) bond motifs is 1. The molecule has 0 aliphatic heterocycles. The molecule has 0 amide bonds. The van der Waals surface area contributed by atoms with Crippen LogP contribution in [-0.2, 0) is 15.7 Å². The zero-order chi connectivity index (χ0) is 11.1. The Hall–Kier alpha value is -1.11. The number of halogens is 1. The summed E-state index contributed by atoms with van der Waals surface area (Å²) in [5, 5.41) is 8.33. The van der Waals surface area contributed by atoms with Gasteiger partial charge in [-0.2, -0.15) is 4.98 Å². The fourth-order valence-corrected chi connectivity index (χ4v) is 1.75. The Morgan fingerprint density at radius 3 is 2.80 bits per heavy atom. The number of nitrogens with zero attached hydrogens (tertiary/aromatic N) is 1. The second-order valence-corrected chi connectivity index (χ2v) is 5.32. The molecule has 0 saturated heterocycles. The number of benzene rings is 1. The number of aromatic nitrogens is 1. The Kier molecular flexibility index (Phi) is 2.41. The van der Waals surface area contributed by atoms with Crippen LogP contribution in [0.2, 0.25) is 0 Å². The van der Waals surface area contributed by atoms with Crippen molar-refractivity contribution in [2.24, 2.45) is 0 Å². The Morgan fingerprint density at radius 1 is 1.47 bits per heavy atom. The van der Waals surface area contributed by atoms with Gasteiger partial charge in [0, 0.05) is 10.7 Å². The van der Waals surface area contributed by atoms with E-state index in [-0.39, 0.29) is 6.61 Å². The van der Waals surface area contributed by atoms with Gasteiger partial charge in [-0.25, -0.2) is 8.42 Å². The van der Waals surface area contributed by atoms with Crippen LogP contribution in [0.3, 0.4) is 0 Å². The third-order valence-corrected chi connectivity index (χ3v) is 2.81. The van der Waals surface area contributed by atoms with E-state index >= 15 is 0 Å². The molecule has 2 aromatic rings. The van der Waals surface area contributed by atoms with Crippen molar-refractivity contribution in [3.63, 3.8) is 0 Å². The SMILES string of the molecule is O=S(=O)(Cl)c1nc2cc(CO)ccc2o1. The first-order valence-electron chi connectivity index (χ1n) is 3.96. The van der Waals surface area contributed by atoms with Gasteiger partial charge in [-0.15, -0.1) is 0 Å². The average Bonchev–Trinajstić information content (AvgIpc) is 2.59. The van der Waals surface area contributed by atoms with Gasteiger partial charge in [-0.05, 0) is 17.7 Å². The maximum absolute atomic E-state index is 10.9. The van der Waals surface area contributed by atoms with Gasteiger partial charge in [0.05, 0.1) is 6.61 Å². The van der Waals surface area contributed by atoms with Crippen molar-refractivity contribution in [1.29, 1.82) is 0 Å². The minimum absolute atomic E-state index is 0.147. The summed E-state index contributed by atoms with van der Waals surface area (Å²) in [5.41, 5.74) is 1.28. The van der Waals surface area contributed by atoms with Gasteiger partial charge in [0.25, 0.3) is 0 Å². The van der Waals surface area contributed by atoms with E-state index in [1.54, 1.807) is 6.07 Å². The molecule has 0 aliphatic rings. The van der Waals surface area contributed by atoms with Crippen molar-refractivity contribution in [3.05, 3.63) is 23.8 Å². The lowest BCUT2D eigenvalue weighted by Crippen LogP contribution is -1.89. The highest BCUT2D eigenvalue weighted by Gasteiger charge is 2.18. The zero-order valence-corrected chi connectivity index (χ0v) is 8.92. The van der Waals surface area contributed by atoms with Crippen molar-refractivity contribution >= 4 is 30.8 Å². The quantitative estimate of drug-likeness (QED) is 0.808. The van der Waals surface area contributed by atoms with Crippen LogP contribution >= 0.6 is 10.7 Å². The summed E-state index contributed by atoms with van der Waals surface area (Å²) in [5.74, 6) is 0. The largest absolute Gasteiger partial charge is 0.427 e. The predicted molar refractivity (Wildman–Crippen MR) is 53.0 cm³/mol. The van der Waals surface area contributed by atoms with E-state index in [0.717, 1.165) is 0 Å². The Morgan fingerprint density at radius 2 is 2.20 bits per heavy atom. The summed E-state index contributed by atoms with van der Waals surface area (Å²) < 4.78 is 26.8. The van der Waals surface area contributed by atoms with E-state index in [1.807, 2.05) is 0 Å². The molecule has 5 nitrogen and oxygen atoms in total. The molecule has 15 heavy (non-hydrogen) atoms. The highest BCUT2D eigenvalue weighted by Crippen LogP contribution is 2.22. The number of oxazole rings is 1. The minimum Gasteiger partial charge on any atom is -0.427 e. The summed E-state index contributed by atoms with van der Waals surface area (Å²) in [4.78, 5) is 3.69. The predicted octanol–water partition coefficient (Wildman–Crippen LogP) is 1.25. The highest BCUT2D eigenvalue weighted by molar-refractivity contribution is 8.13. The van der Waals surface area contributed by atoms with Gasteiger partial charge in [-0.1, -0.05) is 6.07 Å². The van der Waals surface area contributed by atoms with E-state index in [4.69, 9.17) is 20.2 Å². The van der Waals surface area contributed by atoms with E-state index < -0.39 is 14.3 Å². The molecule has 0 atom stereocenters. The molecule has 1 N–H and O–H groups in total. The molecule has 0 saturated carbocycles. The van der Waals surface area contributed by atoms with Gasteiger partial charge < -0.3 is 9.52 Å². The summed E-state index contributed by atoms with van der Waals surface area (Å²) in [7, 11) is 1.12. The molecule has 0 bridgehead atoms. The Labute approximate surface area is 89.7 Å². The van der Waals surface area contributed by atoms with Crippen molar-refractivity contribution < 1.29 is 17.9 Å². The lowest BCUT2D eigenvalue weighted by atomic mass is 10.2. The van der Waals surface area contributed by atoms with Crippen molar-refractivity contribution in [2.75, 3.05) is 0 Å². The molecule has 80 valence electrons. The standard InChI is InChI=1S/C8H6ClNO4S/c9-15(12,13)8-10-6-3-5(4-11)1-2-7(6)14-8/h1-3,11H,4H2. The van der Waals surface area contributed by atoms with Gasteiger partial charge in [0.1, 0.15) is 5.52 Å². The van der Waals surface area contributed by atoms with E-state index in [1.165, 1.54) is 12.1 Å². The molecule has 0 radical (unpaired) electrons.